The molecule has 0 aromatic heterocycles. The minimum Gasteiger partial charge on any atom is -0.497 e. The predicted molar refractivity (Wildman–Crippen MR) is 109 cm³/mol. The molecule has 1 amide bonds. The van der Waals surface area contributed by atoms with E-state index in [1.807, 2.05) is 11.9 Å². The molecule has 7 heteroatoms. The van der Waals surface area contributed by atoms with Gasteiger partial charge in [-0.15, -0.1) is 0 Å². The Labute approximate surface area is 168 Å². The van der Waals surface area contributed by atoms with Gasteiger partial charge in [-0.2, -0.15) is 4.31 Å². The van der Waals surface area contributed by atoms with E-state index >= 15 is 0 Å². The minimum atomic E-state index is -3.53. The van der Waals surface area contributed by atoms with E-state index in [0.717, 1.165) is 12.8 Å². The van der Waals surface area contributed by atoms with Crippen molar-refractivity contribution >= 4 is 15.9 Å². The van der Waals surface area contributed by atoms with Gasteiger partial charge in [0.2, 0.25) is 15.9 Å². The second-order valence-corrected chi connectivity index (χ2v) is 9.89. The molecular formula is C21H32N2O4S. The van der Waals surface area contributed by atoms with Crippen LogP contribution in [-0.4, -0.2) is 56.8 Å². The molecule has 1 aromatic carbocycles. The number of methoxy groups -OCH3 is 1. The van der Waals surface area contributed by atoms with Crippen LogP contribution >= 0.6 is 0 Å². The zero-order valence-electron chi connectivity index (χ0n) is 17.0. The van der Waals surface area contributed by atoms with Crippen molar-refractivity contribution in [1.82, 2.24) is 9.21 Å². The molecular weight excluding hydrogens is 376 g/mol. The van der Waals surface area contributed by atoms with Crippen molar-refractivity contribution in [2.75, 3.05) is 27.2 Å². The lowest BCUT2D eigenvalue weighted by Gasteiger charge is -2.35. The standard InChI is InChI=1S/C21H32N2O4S/c1-22(18-7-5-3-4-6-8-18)21(24)17-13-15-23(16-14-17)28(25,26)20-11-9-19(27-2)10-12-20/h9-12,17-18H,3-8,13-16H2,1-2H3. The Morgan fingerprint density at radius 1 is 1.00 bits per heavy atom. The van der Waals surface area contributed by atoms with Crippen LogP contribution < -0.4 is 4.74 Å². The number of nitrogens with zero attached hydrogens (tertiary/aromatic N) is 2. The van der Waals surface area contributed by atoms with E-state index in [9.17, 15) is 13.2 Å². The van der Waals surface area contributed by atoms with Crippen molar-refractivity contribution < 1.29 is 17.9 Å². The summed E-state index contributed by atoms with van der Waals surface area (Å²) in [4.78, 5) is 15.2. The Hall–Kier alpha value is -1.60. The first-order valence-corrected chi connectivity index (χ1v) is 11.8. The molecule has 0 radical (unpaired) electrons. The van der Waals surface area contributed by atoms with Gasteiger partial charge in [-0.1, -0.05) is 25.7 Å². The van der Waals surface area contributed by atoms with Crippen LogP contribution in [0.1, 0.15) is 51.4 Å². The lowest BCUT2D eigenvalue weighted by atomic mass is 9.95. The highest BCUT2D eigenvalue weighted by atomic mass is 32.2. The molecule has 1 heterocycles. The summed E-state index contributed by atoms with van der Waals surface area (Å²) < 4.78 is 32.3. The van der Waals surface area contributed by atoms with Crippen LogP contribution in [0.3, 0.4) is 0 Å². The summed E-state index contributed by atoms with van der Waals surface area (Å²) in [5, 5.41) is 0. The van der Waals surface area contributed by atoms with Crippen molar-refractivity contribution in [1.29, 1.82) is 0 Å². The van der Waals surface area contributed by atoms with E-state index in [4.69, 9.17) is 4.74 Å². The van der Waals surface area contributed by atoms with E-state index in [1.165, 1.54) is 30.0 Å². The average Bonchev–Trinajstić information content (AvgIpc) is 3.02. The largest absolute Gasteiger partial charge is 0.497 e. The third-order valence-corrected chi connectivity index (χ3v) is 8.13. The Balaban J connectivity index is 1.59. The maximum absolute atomic E-state index is 13.0. The highest BCUT2D eigenvalue weighted by Gasteiger charge is 2.34. The highest BCUT2D eigenvalue weighted by molar-refractivity contribution is 7.89. The molecule has 1 saturated heterocycles. The van der Waals surface area contributed by atoms with Gasteiger partial charge in [-0.05, 0) is 49.9 Å². The third kappa shape index (κ3) is 4.69. The van der Waals surface area contributed by atoms with E-state index in [-0.39, 0.29) is 16.7 Å². The van der Waals surface area contributed by atoms with E-state index in [0.29, 0.717) is 37.7 Å². The van der Waals surface area contributed by atoms with Crippen molar-refractivity contribution in [2.24, 2.45) is 5.92 Å². The Bertz CT molecular complexity index is 747. The number of carbonyl (C=O) groups excluding carboxylic acids is 1. The van der Waals surface area contributed by atoms with Crippen LogP contribution in [0, 0.1) is 5.92 Å². The van der Waals surface area contributed by atoms with Crippen LogP contribution in [0.2, 0.25) is 0 Å². The zero-order chi connectivity index (χ0) is 20.1. The Kier molecular flexibility index (Phi) is 6.99. The number of piperidine rings is 1. The van der Waals surface area contributed by atoms with Crippen LogP contribution in [0.25, 0.3) is 0 Å². The molecule has 28 heavy (non-hydrogen) atoms. The number of hydrogen-bond donors (Lipinski definition) is 0. The summed E-state index contributed by atoms with van der Waals surface area (Å²) >= 11 is 0. The van der Waals surface area contributed by atoms with Gasteiger partial charge < -0.3 is 9.64 Å². The fourth-order valence-corrected chi connectivity index (χ4v) is 5.82. The molecule has 6 nitrogen and oxygen atoms in total. The van der Waals surface area contributed by atoms with Crippen molar-refractivity contribution in [3.05, 3.63) is 24.3 Å². The summed E-state index contributed by atoms with van der Waals surface area (Å²) in [6.07, 6.45) is 8.28. The smallest absolute Gasteiger partial charge is 0.243 e. The number of sulfonamides is 1. The van der Waals surface area contributed by atoms with E-state index in [1.54, 1.807) is 31.4 Å². The normalized spacial score (nSPS) is 20.5. The SMILES string of the molecule is COc1ccc(S(=O)(=O)N2CCC(C(=O)N(C)C3CCCCCC3)CC2)cc1. The van der Waals surface area contributed by atoms with Crippen molar-refractivity contribution in [3.8, 4) is 5.75 Å². The average molecular weight is 409 g/mol. The minimum absolute atomic E-state index is 0.0735. The summed E-state index contributed by atoms with van der Waals surface area (Å²) in [6, 6.07) is 6.81. The third-order valence-electron chi connectivity index (χ3n) is 6.22. The predicted octanol–water partition coefficient (Wildman–Crippen LogP) is 3.28. The van der Waals surface area contributed by atoms with E-state index in [2.05, 4.69) is 0 Å². The maximum Gasteiger partial charge on any atom is 0.243 e. The molecule has 2 aliphatic rings. The number of benzene rings is 1. The molecule has 0 bridgehead atoms. The quantitative estimate of drug-likeness (QED) is 0.701. The second kappa shape index (κ2) is 9.27. The van der Waals surface area contributed by atoms with Gasteiger partial charge in [0.1, 0.15) is 5.75 Å². The highest BCUT2D eigenvalue weighted by Crippen LogP contribution is 2.28. The monoisotopic (exact) mass is 408 g/mol. The molecule has 156 valence electrons. The van der Waals surface area contributed by atoms with Gasteiger partial charge in [-0.3, -0.25) is 4.79 Å². The number of ether oxygens (including phenoxy) is 1. The zero-order valence-corrected chi connectivity index (χ0v) is 17.8. The van der Waals surface area contributed by atoms with Crippen molar-refractivity contribution in [3.63, 3.8) is 0 Å². The molecule has 1 aliphatic carbocycles. The summed E-state index contributed by atoms with van der Waals surface area (Å²) in [7, 11) is -0.0465. The first kappa shape index (κ1) is 21.1. The summed E-state index contributed by atoms with van der Waals surface area (Å²) in [6.45, 7) is 0.784. The molecule has 1 aliphatic heterocycles. The van der Waals surface area contributed by atoms with Gasteiger partial charge in [-0.25, -0.2) is 8.42 Å². The molecule has 0 unspecified atom stereocenters. The number of hydrogen-bond acceptors (Lipinski definition) is 4. The number of rotatable bonds is 5. The number of carbonyl (C=O) groups is 1. The van der Waals surface area contributed by atoms with E-state index < -0.39 is 10.0 Å². The molecule has 1 saturated carbocycles. The first-order valence-electron chi connectivity index (χ1n) is 10.3. The van der Waals surface area contributed by atoms with Gasteiger partial charge in [0, 0.05) is 32.1 Å². The summed E-state index contributed by atoms with van der Waals surface area (Å²) in [5.74, 6) is 0.744. The fraction of sp³-hybridized carbons (Fsp3) is 0.667. The fourth-order valence-electron chi connectivity index (χ4n) is 4.35. The molecule has 0 N–H and O–H groups in total. The Morgan fingerprint density at radius 2 is 1.57 bits per heavy atom. The van der Waals surface area contributed by atoms with Gasteiger partial charge in [0.25, 0.3) is 0 Å². The molecule has 3 rings (SSSR count). The number of amides is 1. The molecule has 2 fully saturated rings. The van der Waals surface area contributed by atoms with Gasteiger partial charge in [0.15, 0.2) is 0 Å². The van der Waals surface area contributed by atoms with Gasteiger partial charge in [0.05, 0.1) is 12.0 Å². The topological polar surface area (TPSA) is 66.9 Å². The lowest BCUT2D eigenvalue weighted by Crippen LogP contribution is -2.46. The molecule has 1 aromatic rings. The second-order valence-electron chi connectivity index (χ2n) is 7.95. The van der Waals surface area contributed by atoms with Gasteiger partial charge >= 0.3 is 0 Å². The van der Waals surface area contributed by atoms with Crippen LogP contribution in [-0.2, 0) is 14.8 Å². The van der Waals surface area contributed by atoms with Crippen LogP contribution in [0.15, 0.2) is 29.2 Å². The Morgan fingerprint density at radius 3 is 2.11 bits per heavy atom. The van der Waals surface area contributed by atoms with Crippen LogP contribution in [0.5, 0.6) is 5.75 Å². The van der Waals surface area contributed by atoms with Crippen molar-refractivity contribution in [2.45, 2.75) is 62.3 Å². The molecule has 0 spiro atoms. The molecule has 0 atom stereocenters. The maximum atomic E-state index is 13.0. The van der Waals surface area contributed by atoms with Crippen LogP contribution in [0.4, 0.5) is 0 Å². The first-order chi connectivity index (χ1) is 13.4. The summed E-state index contributed by atoms with van der Waals surface area (Å²) in [5.41, 5.74) is 0. The lowest BCUT2D eigenvalue weighted by molar-refractivity contribution is -0.137.